The Morgan fingerprint density at radius 2 is 2.21 bits per heavy atom. The topological polar surface area (TPSA) is 97.5 Å². The van der Waals surface area contributed by atoms with E-state index in [1.807, 2.05) is 13.8 Å². The van der Waals surface area contributed by atoms with Crippen LogP contribution in [0.15, 0.2) is 12.1 Å². The van der Waals surface area contributed by atoms with Gasteiger partial charge in [0.15, 0.2) is 0 Å². The van der Waals surface area contributed by atoms with Crippen LogP contribution in [0.5, 0.6) is 5.88 Å². The molecule has 7 heteroatoms. The second-order valence-electron chi connectivity index (χ2n) is 4.64. The number of rotatable bonds is 7. The van der Waals surface area contributed by atoms with Gasteiger partial charge in [-0.05, 0) is 12.3 Å². The van der Waals surface area contributed by atoms with Crippen molar-refractivity contribution in [3.8, 4) is 5.88 Å². The lowest BCUT2D eigenvalue weighted by atomic mass is 10.1. The molecule has 0 fully saturated rings. The molecule has 1 aromatic rings. The zero-order valence-corrected chi connectivity index (χ0v) is 11.3. The number of nitro groups is 1. The quantitative estimate of drug-likeness (QED) is 0.578. The summed E-state index contributed by atoms with van der Waals surface area (Å²) >= 11 is 0. The molecule has 0 spiro atoms. The molecule has 0 aliphatic heterocycles. The van der Waals surface area contributed by atoms with Gasteiger partial charge in [0, 0.05) is 18.7 Å². The lowest BCUT2D eigenvalue weighted by Crippen LogP contribution is -2.22. The van der Waals surface area contributed by atoms with Crippen LogP contribution in [0, 0.1) is 16.0 Å². The summed E-state index contributed by atoms with van der Waals surface area (Å²) in [5.41, 5.74) is -0.141. The fourth-order valence-corrected chi connectivity index (χ4v) is 1.67. The number of anilines is 1. The highest BCUT2D eigenvalue weighted by Crippen LogP contribution is 2.24. The molecular formula is C12H19N3O4. The van der Waals surface area contributed by atoms with E-state index in [1.54, 1.807) is 0 Å². The van der Waals surface area contributed by atoms with Gasteiger partial charge in [-0.1, -0.05) is 13.8 Å². The van der Waals surface area contributed by atoms with Gasteiger partial charge in [0.25, 0.3) is 0 Å². The van der Waals surface area contributed by atoms with Crippen molar-refractivity contribution in [2.45, 2.75) is 26.4 Å². The minimum Gasteiger partial charge on any atom is -0.481 e. The molecule has 0 aliphatic rings. The van der Waals surface area contributed by atoms with E-state index in [2.05, 4.69) is 10.3 Å². The summed E-state index contributed by atoms with van der Waals surface area (Å²) in [5.74, 6) is 0.739. The van der Waals surface area contributed by atoms with Crippen molar-refractivity contribution in [1.82, 2.24) is 4.98 Å². The number of hydrogen-bond acceptors (Lipinski definition) is 6. The Labute approximate surface area is 111 Å². The van der Waals surface area contributed by atoms with Crippen molar-refractivity contribution in [1.29, 1.82) is 0 Å². The Hall–Kier alpha value is -1.89. The molecule has 19 heavy (non-hydrogen) atoms. The molecule has 1 aromatic heterocycles. The Kier molecular flexibility index (Phi) is 5.50. The molecule has 1 heterocycles. The first-order chi connectivity index (χ1) is 8.93. The van der Waals surface area contributed by atoms with Gasteiger partial charge < -0.3 is 15.2 Å². The smallest absolute Gasteiger partial charge is 0.311 e. The highest BCUT2D eigenvalue weighted by Gasteiger charge is 2.17. The first kappa shape index (κ1) is 15.2. The van der Waals surface area contributed by atoms with Crippen molar-refractivity contribution < 1.29 is 14.8 Å². The SMILES string of the molecule is COc1ccc([N+](=O)[O-])c(NCC(O)CC(C)C)n1. The van der Waals surface area contributed by atoms with Crippen LogP contribution in [-0.4, -0.2) is 34.8 Å². The van der Waals surface area contributed by atoms with Crippen LogP contribution in [0.3, 0.4) is 0 Å². The van der Waals surface area contributed by atoms with E-state index in [1.165, 1.54) is 19.2 Å². The summed E-state index contributed by atoms with van der Waals surface area (Å²) in [6.07, 6.45) is 0.0395. The van der Waals surface area contributed by atoms with E-state index in [0.29, 0.717) is 12.3 Å². The van der Waals surface area contributed by atoms with Gasteiger partial charge in [-0.25, -0.2) is 0 Å². The highest BCUT2D eigenvalue weighted by molar-refractivity contribution is 5.57. The summed E-state index contributed by atoms with van der Waals surface area (Å²) in [7, 11) is 1.44. The molecule has 0 aromatic carbocycles. The number of aromatic nitrogens is 1. The molecule has 7 nitrogen and oxygen atoms in total. The Bertz CT molecular complexity index is 437. The van der Waals surface area contributed by atoms with Gasteiger partial charge >= 0.3 is 5.69 Å². The van der Waals surface area contributed by atoms with Crippen molar-refractivity contribution in [3.05, 3.63) is 22.2 Å². The summed E-state index contributed by atoms with van der Waals surface area (Å²) in [6.45, 7) is 4.20. The normalized spacial score (nSPS) is 12.3. The monoisotopic (exact) mass is 269 g/mol. The summed E-state index contributed by atoms with van der Waals surface area (Å²) in [4.78, 5) is 14.3. The summed E-state index contributed by atoms with van der Waals surface area (Å²) < 4.78 is 4.92. The van der Waals surface area contributed by atoms with Gasteiger partial charge in [-0.15, -0.1) is 0 Å². The first-order valence-corrected chi connectivity index (χ1v) is 6.05. The van der Waals surface area contributed by atoms with Crippen LogP contribution in [0.1, 0.15) is 20.3 Å². The maximum Gasteiger partial charge on any atom is 0.311 e. The molecule has 1 atom stereocenters. The van der Waals surface area contributed by atoms with Crippen molar-refractivity contribution >= 4 is 11.5 Å². The molecule has 0 aliphatic carbocycles. The number of methoxy groups -OCH3 is 1. The number of hydrogen-bond donors (Lipinski definition) is 2. The van der Waals surface area contributed by atoms with E-state index < -0.39 is 11.0 Å². The van der Waals surface area contributed by atoms with Gasteiger partial charge in [-0.3, -0.25) is 10.1 Å². The number of ether oxygens (including phenoxy) is 1. The van der Waals surface area contributed by atoms with Crippen LogP contribution in [-0.2, 0) is 0 Å². The zero-order chi connectivity index (χ0) is 14.4. The molecule has 106 valence electrons. The number of pyridine rings is 1. The number of aliphatic hydroxyl groups is 1. The average Bonchev–Trinajstić information content (AvgIpc) is 2.34. The van der Waals surface area contributed by atoms with Crippen molar-refractivity contribution in [2.24, 2.45) is 5.92 Å². The van der Waals surface area contributed by atoms with Gasteiger partial charge in [0.1, 0.15) is 0 Å². The van der Waals surface area contributed by atoms with Crippen molar-refractivity contribution in [3.63, 3.8) is 0 Å². The predicted molar refractivity (Wildman–Crippen MR) is 71.4 cm³/mol. The second-order valence-corrected chi connectivity index (χ2v) is 4.64. The van der Waals surface area contributed by atoms with Gasteiger partial charge in [0.05, 0.1) is 18.1 Å². The van der Waals surface area contributed by atoms with Crippen molar-refractivity contribution in [2.75, 3.05) is 19.0 Å². The Morgan fingerprint density at radius 3 is 2.74 bits per heavy atom. The van der Waals surface area contributed by atoms with Crippen LogP contribution in [0.4, 0.5) is 11.5 Å². The second kappa shape index (κ2) is 6.89. The predicted octanol–water partition coefficient (Wildman–Crippen LogP) is 1.82. The molecule has 0 saturated heterocycles. The third kappa shape index (κ3) is 4.70. The van der Waals surface area contributed by atoms with E-state index in [0.717, 1.165) is 0 Å². The first-order valence-electron chi connectivity index (χ1n) is 6.05. The maximum absolute atomic E-state index is 10.9. The molecule has 0 radical (unpaired) electrons. The zero-order valence-electron chi connectivity index (χ0n) is 11.3. The third-order valence-corrected chi connectivity index (χ3v) is 2.50. The van der Waals surface area contributed by atoms with E-state index >= 15 is 0 Å². The van der Waals surface area contributed by atoms with Gasteiger partial charge in [0.2, 0.25) is 11.7 Å². The minimum atomic E-state index is -0.576. The van der Waals surface area contributed by atoms with Crippen LogP contribution in [0.25, 0.3) is 0 Å². The average molecular weight is 269 g/mol. The largest absolute Gasteiger partial charge is 0.481 e. The maximum atomic E-state index is 10.9. The number of nitrogens with zero attached hydrogens (tertiary/aromatic N) is 2. The van der Waals surface area contributed by atoms with Gasteiger partial charge in [-0.2, -0.15) is 4.98 Å². The Morgan fingerprint density at radius 1 is 1.53 bits per heavy atom. The third-order valence-electron chi connectivity index (χ3n) is 2.50. The van der Waals surface area contributed by atoms with E-state index in [-0.39, 0.29) is 23.9 Å². The van der Waals surface area contributed by atoms with Crippen LogP contribution in [0.2, 0.25) is 0 Å². The van der Waals surface area contributed by atoms with E-state index in [4.69, 9.17) is 4.74 Å². The summed E-state index contributed by atoms with van der Waals surface area (Å²) in [5, 5.41) is 23.4. The molecule has 2 N–H and O–H groups in total. The highest BCUT2D eigenvalue weighted by atomic mass is 16.6. The van der Waals surface area contributed by atoms with E-state index in [9.17, 15) is 15.2 Å². The molecule has 0 amide bonds. The number of nitrogens with one attached hydrogen (secondary N) is 1. The molecule has 0 saturated carbocycles. The molecule has 1 unspecified atom stereocenters. The van der Waals surface area contributed by atoms with Crippen LogP contribution >= 0.6 is 0 Å². The fraction of sp³-hybridized carbons (Fsp3) is 0.583. The molecular weight excluding hydrogens is 250 g/mol. The molecule has 1 rings (SSSR count). The Balaban J connectivity index is 2.77. The summed E-state index contributed by atoms with van der Waals surface area (Å²) in [6, 6.07) is 2.75. The molecule has 0 bridgehead atoms. The fourth-order valence-electron chi connectivity index (χ4n) is 1.67. The lowest BCUT2D eigenvalue weighted by Gasteiger charge is -2.14. The lowest BCUT2D eigenvalue weighted by molar-refractivity contribution is -0.384. The van der Waals surface area contributed by atoms with Crippen LogP contribution < -0.4 is 10.1 Å². The standard InChI is InChI=1S/C12H19N3O4/c1-8(2)6-9(16)7-13-12-10(15(17)18)4-5-11(14-12)19-3/h4-5,8-9,16H,6-7H2,1-3H3,(H,13,14). The number of aliphatic hydroxyl groups excluding tert-OH is 1. The minimum absolute atomic E-state index is 0.104.